The van der Waals surface area contributed by atoms with Gasteiger partial charge in [-0.15, -0.1) is 0 Å². The first-order valence-electron chi connectivity index (χ1n) is 9.01. The van der Waals surface area contributed by atoms with Crippen molar-refractivity contribution >= 4 is 23.2 Å². The van der Waals surface area contributed by atoms with Crippen molar-refractivity contribution in [2.75, 3.05) is 36.5 Å². The van der Waals surface area contributed by atoms with E-state index in [0.29, 0.717) is 25.6 Å². The molecule has 1 aromatic rings. The van der Waals surface area contributed by atoms with E-state index in [1.165, 1.54) is 6.42 Å². The molecular weight excluding hydrogens is 302 g/mol. The van der Waals surface area contributed by atoms with Gasteiger partial charge < -0.3 is 14.7 Å². The van der Waals surface area contributed by atoms with E-state index in [2.05, 4.69) is 16.7 Å². The maximum Gasteiger partial charge on any atom is 0.242 e. The molecule has 0 spiro atoms. The minimum absolute atomic E-state index is 0.0989. The van der Waals surface area contributed by atoms with Crippen LogP contribution in [-0.4, -0.2) is 49.4 Å². The Labute approximate surface area is 144 Å². The van der Waals surface area contributed by atoms with Crippen LogP contribution in [-0.2, 0) is 9.59 Å². The Balaban J connectivity index is 1.80. The molecule has 0 bridgehead atoms. The second-order valence-electron chi connectivity index (χ2n) is 6.76. The number of nitrogens with zero attached hydrogens (tertiary/aromatic N) is 3. The van der Waals surface area contributed by atoms with Crippen molar-refractivity contribution in [2.45, 2.75) is 45.1 Å². The van der Waals surface area contributed by atoms with Crippen LogP contribution < -0.4 is 9.80 Å². The number of para-hydroxylation sites is 2. The Morgan fingerprint density at radius 3 is 2.67 bits per heavy atom. The zero-order chi connectivity index (χ0) is 17.1. The van der Waals surface area contributed by atoms with Crippen LogP contribution in [0.1, 0.15) is 39.0 Å². The van der Waals surface area contributed by atoms with Crippen LogP contribution in [0.25, 0.3) is 0 Å². The lowest BCUT2D eigenvalue weighted by Crippen LogP contribution is -2.48. The van der Waals surface area contributed by atoms with Crippen molar-refractivity contribution in [3.63, 3.8) is 0 Å². The molecule has 2 aliphatic rings. The average Bonchev–Trinajstić information content (AvgIpc) is 2.74. The number of hydrogen-bond acceptors (Lipinski definition) is 3. The van der Waals surface area contributed by atoms with Crippen molar-refractivity contribution in [2.24, 2.45) is 0 Å². The molecule has 0 aromatic heterocycles. The largest absolute Gasteiger partial charge is 0.360 e. The molecule has 130 valence electrons. The fourth-order valence-electron chi connectivity index (χ4n) is 3.84. The Morgan fingerprint density at radius 1 is 1.17 bits per heavy atom. The Hall–Kier alpha value is -2.04. The van der Waals surface area contributed by atoms with Crippen molar-refractivity contribution < 1.29 is 9.59 Å². The summed E-state index contributed by atoms with van der Waals surface area (Å²) in [5, 5.41) is 0. The van der Waals surface area contributed by atoms with Gasteiger partial charge in [0.2, 0.25) is 11.8 Å². The third-order valence-electron chi connectivity index (χ3n) is 5.30. The number of carbonyl (C=O) groups excluding carboxylic acids is 2. The van der Waals surface area contributed by atoms with Gasteiger partial charge in [-0.2, -0.15) is 0 Å². The molecule has 0 aliphatic carbocycles. The highest BCUT2D eigenvalue weighted by Gasteiger charge is 2.29. The lowest BCUT2D eigenvalue weighted by Gasteiger charge is -2.37. The Morgan fingerprint density at radius 2 is 1.92 bits per heavy atom. The van der Waals surface area contributed by atoms with Crippen LogP contribution in [0, 0.1) is 0 Å². The van der Waals surface area contributed by atoms with Gasteiger partial charge >= 0.3 is 0 Å². The van der Waals surface area contributed by atoms with Crippen LogP contribution in [0.3, 0.4) is 0 Å². The van der Waals surface area contributed by atoms with Gasteiger partial charge in [0.05, 0.1) is 17.9 Å². The van der Waals surface area contributed by atoms with E-state index in [1.54, 1.807) is 4.90 Å². The number of benzene rings is 1. The minimum Gasteiger partial charge on any atom is -0.360 e. The van der Waals surface area contributed by atoms with E-state index < -0.39 is 0 Å². The SMILES string of the molecule is CC[C@@H]1CCCCN1C(=O)CN1CCC(=O)N(C)c2ccccc21. The number of hydrogen-bond donors (Lipinski definition) is 0. The highest BCUT2D eigenvalue weighted by atomic mass is 16.2. The molecule has 2 aliphatic heterocycles. The van der Waals surface area contributed by atoms with Crippen LogP contribution in [0.2, 0.25) is 0 Å². The number of anilines is 2. The summed E-state index contributed by atoms with van der Waals surface area (Å²) in [6, 6.07) is 8.23. The van der Waals surface area contributed by atoms with Crippen LogP contribution >= 0.6 is 0 Å². The number of amides is 2. The third kappa shape index (κ3) is 3.25. The maximum atomic E-state index is 12.9. The zero-order valence-electron chi connectivity index (χ0n) is 14.7. The molecule has 5 nitrogen and oxygen atoms in total. The van der Waals surface area contributed by atoms with Gasteiger partial charge in [0.25, 0.3) is 0 Å². The van der Waals surface area contributed by atoms with E-state index in [4.69, 9.17) is 0 Å². The van der Waals surface area contributed by atoms with Crippen molar-refractivity contribution in [3.05, 3.63) is 24.3 Å². The number of piperidine rings is 1. The molecule has 0 radical (unpaired) electrons. The van der Waals surface area contributed by atoms with Crippen LogP contribution in [0.5, 0.6) is 0 Å². The highest BCUT2D eigenvalue weighted by Crippen LogP contribution is 2.32. The summed E-state index contributed by atoms with van der Waals surface area (Å²) < 4.78 is 0. The first kappa shape index (κ1) is 16.8. The molecule has 3 rings (SSSR count). The van der Waals surface area contributed by atoms with Gasteiger partial charge in [-0.3, -0.25) is 9.59 Å². The standard InChI is InChI=1S/C19H27N3O2/c1-3-15-8-6-7-12-22(15)19(24)14-21-13-11-18(23)20(2)16-9-4-5-10-17(16)21/h4-5,9-10,15H,3,6-8,11-14H2,1-2H3/t15-/m1/s1. The minimum atomic E-state index is 0.0989. The van der Waals surface area contributed by atoms with Gasteiger partial charge in [0.15, 0.2) is 0 Å². The van der Waals surface area contributed by atoms with E-state index in [0.717, 1.165) is 37.2 Å². The lowest BCUT2D eigenvalue weighted by molar-refractivity contribution is -0.133. The molecule has 0 N–H and O–H groups in total. The van der Waals surface area contributed by atoms with E-state index in [1.807, 2.05) is 31.3 Å². The molecule has 0 saturated carbocycles. The molecule has 24 heavy (non-hydrogen) atoms. The summed E-state index contributed by atoms with van der Waals surface area (Å²) in [4.78, 5) is 31.0. The Kier molecular flexibility index (Phi) is 5.07. The van der Waals surface area contributed by atoms with Gasteiger partial charge in [0, 0.05) is 32.6 Å². The molecule has 5 heteroatoms. The smallest absolute Gasteiger partial charge is 0.242 e. The normalized spacial score (nSPS) is 21.5. The van der Waals surface area contributed by atoms with Crippen LogP contribution in [0.4, 0.5) is 11.4 Å². The summed E-state index contributed by atoms with van der Waals surface area (Å²) >= 11 is 0. The fourth-order valence-corrected chi connectivity index (χ4v) is 3.84. The molecule has 1 fully saturated rings. The molecule has 2 amide bonds. The second-order valence-corrected chi connectivity index (χ2v) is 6.76. The number of carbonyl (C=O) groups is 2. The highest BCUT2D eigenvalue weighted by molar-refractivity contribution is 5.98. The van der Waals surface area contributed by atoms with Crippen molar-refractivity contribution in [1.82, 2.24) is 4.90 Å². The quantitative estimate of drug-likeness (QED) is 0.856. The number of rotatable bonds is 3. The summed E-state index contributed by atoms with van der Waals surface area (Å²) in [5.74, 6) is 0.287. The number of likely N-dealkylation sites (tertiary alicyclic amines) is 1. The van der Waals surface area contributed by atoms with E-state index in [9.17, 15) is 9.59 Å². The third-order valence-corrected chi connectivity index (χ3v) is 5.30. The molecule has 1 saturated heterocycles. The summed E-state index contributed by atoms with van der Waals surface area (Å²) in [7, 11) is 1.81. The van der Waals surface area contributed by atoms with E-state index >= 15 is 0 Å². The average molecular weight is 329 g/mol. The summed E-state index contributed by atoms with van der Waals surface area (Å²) in [6.45, 7) is 3.97. The molecule has 1 aromatic carbocycles. The topological polar surface area (TPSA) is 43.9 Å². The zero-order valence-corrected chi connectivity index (χ0v) is 14.7. The Bertz CT molecular complexity index is 616. The summed E-state index contributed by atoms with van der Waals surface area (Å²) in [6.07, 6.45) is 4.88. The van der Waals surface area contributed by atoms with Gasteiger partial charge in [-0.25, -0.2) is 0 Å². The van der Waals surface area contributed by atoms with Gasteiger partial charge in [-0.1, -0.05) is 19.1 Å². The monoisotopic (exact) mass is 329 g/mol. The molecule has 1 atom stereocenters. The predicted octanol–water partition coefficient (Wildman–Crippen LogP) is 2.65. The first-order valence-corrected chi connectivity index (χ1v) is 9.01. The van der Waals surface area contributed by atoms with E-state index in [-0.39, 0.29) is 11.8 Å². The summed E-state index contributed by atoms with van der Waals surface area (Å²) in [5.41, 5.74) is 1.86. The van der Waals surface area contributed by atoms with Gasteiger partial charge in [0.1, 0.15) is 0 Å². The molecule has 2 heterocycles. The van der Waals surface area contributed by atoms with Crippen LogP contribution in [0.15, 0.2) is 24.3 Å². The second kappa shape index (κ2) is 7.24. The fraction of sp³-hybridized carbons (Fsp3) is 0.579. The first-order chi connectivity index (χ1) is 11.6. The van der Waals surface area contributed by atoms with Gasteiger partial charge in [-0.05, 0) is 37.8 Å². The lowest BCUT2D eigenvalue weighted by atomic mass is 10.00. The number of fused-ring (bicyclic) bond motifs is 1. The molecule has 0 unspecified atom stereocenters. The van der Waals surface area contributed by atoms with Crippen molar-refractivity contribution in [1.29, 1.82) is 0 Å². The van der Waals surface area contributed by atoms with Crippen molar-refractivity contribution in [3.8, 4) is 0 Å². The maximum absolute atomic E-state index is 12.9. The molecular formula is C19H27N3O2. The predicted molar refractivity (Wildman–Crippen MR) is 96.3 cm³/mol.